The number of carbonyl (C=O) groups is 2. The van der Waals surface area contributed by atoms with Gasteiger partial charge in [0, 0.05) is 22.2 Å². The summed E-state index contributed by atoms with van der Waals surface area (Å²) in [6, 6.07) is 20.5. The summed E-state index contributed by atoms with van der Waals surface area (Å²) in [5.41, 5.74) is 2.34. The number of hydrogen-bond acceptors (Lipinski definition) is 7. The fourth-order valence-electron chi connectivity index (χ4n) is 3.86. The van der Waals surface area contributed by atoms with Crippen molar-refractivity contribution in [3.05, 3.63) is 75.9 Å². The summed E-state index contributed by atoms with van der Waals surface area (Å²) in [6.07, 6.45) is 0.655. The van der Waals surface area contributed by atoms with Crippen LogP contribution in [0.4, 0.5) is 11.4 Å². The van der Waals surface area contributed by atoms with Crippen LogP contribution in [0.5, 0.6) is 17.2 Å². The van der Waals surface area contributed by atoms with Crippen LogP contribution in [0, 0.1) is 3.57 Å². The van der Waals surface area contributed by atoms with Crippen molar-refractivity contribution >= 4 is 62.7 Å². The number of nitrogens with one attached hydrogen (secondary N) is 1. The highest BCUT2D eigenvalue weighted by Crippen LogP contribution is 2.32. The van der Waals surface area contributed by atoms with Crippen LogP contribution in [0.2, 0.25) is 0 Å². The van der Waals surface area contributed by atoms with Crippen molar-refractivity contribution in [3.8, 4) is 17.2 Å². The summed E-state index contributed by atoms with van der Waals surface area (Å²) in [5, 5.41) is 2.80. The van der Waals surface area contributed by atoms with E-state index in [0.29, 0.717) is 46.8 Å². The molecule has 1 aliphatic heterocycles. The minimum atomic E-state index is -0.601. The fourth-order valence-corrected chi connectivity index (χ4v) is 5.35. The Labute approximate surface area is 239 Å². The zero-order chi connectivity index (χ0) is 27.1. The van der Waals surface area contributed by atoms with Gasteiger partial charge in [-0.25, -0.2) is 4.99 Å². The Kier molecular flexibility index (Phi) is 9.51. The molecule has 0 aromatic heterocycles. The van der Waals surface area contributed by atoms with Crippen molar-refractivity contribution < 1.29 is 23.8 Å². The van der Waals surface area contributed by atoms with Crippen LogP contribution in [0.25, 0.3) is 0 Å². The van der Waals surface area contributed by atoms with Crippen molar-refractivity contribution in [2.24, 2.45) is 4.99 Å². The number of aliphatic imine (C=N–C) groups is 1. The normalized spacial score (nSPS) is 16.3. The minimum absolute atomic E-state index is 0.0778. The Morgan fingerprint density at radius 3 is 2.37 bits per heavy atom. The molecule has 0 saturated carbocycles. The van der Waals surface area contributed by atoms with Gasteiger partial charge >= 0.3 is 0 Å². The Morgan fingerprint density at radius 2 is 1.71 bits per heavy atom. The number of ether oxygens (including phenoxy) is 3. The summed E-state index contributed by atoms with van der Waals surface area (Å²) in [4.78, 5) is 32.8. The van der Waals surface area contributed by atoms with Gasteiger partial charge in [0.2, 0.25) is 11.8 Å². The highest BCUT2D eigenvalue weighted by Gasteiger charge is 2.35. The second-order valence-corrected chi connectivity index (χ2v) is 10.8. The van der Waals surface area contributed by atoms with Crippen LogP contribution in [-0.4, -0.2) is 55.0 Å². The predicted octanol–water partition coefficient (Wildman–Crippen LogP) is 5.52. The molecule has 2 amide bonds. The molecule has 1 aliphatic rings. The second-order valence-electron chi connectivity index (χ2n) is 8.38. The number of carbonyl (C=O) groups excluding carboxylic acids is 2. The van der Waals surface area contributed by atoms with Gasteiger partial charge in [0.1, 0.15) is 11.0 Å². The number of halogens is 1. The molecule has 10 heteroatoms. The Bertz CT molecular complexity index is 1320. The number of rotatable bonds is 9. The Hall–Kier alpha value is -3.25. The van der Waals surface area contributed by atoms with Crippen LogP contribution in [-0.2, 0) is 16.0 Å². The number of thioether (sulfide) groups is 1. The van der Waals surface area contributed by atoms with Crippen molar-refractivity contribution in [3.63, 3.8) is 0 Å². The van der Waals surface area contributed by atoms with Crippen LogP contribution in [0.3, 0.4) is 0 Å². The van der Waals surface area contributed by atoms with E-state index in [0.717, 1.165) is 9.13 Å². The molecule has 0 aliphatic carbocycles. The SMILES string of the molecule is COc1ccc(N=C2SC(C(=O)Nc3ccc(I)cc3)CC(=O)N2CCc2ccc(OC)c(OC)c2)cc1. The number of anilines is 1. The Morgan fingerprint density at radius 1 is 1.00 bits per heavy atom. The van der Waals surface area contributed by atoms with Gasteiger partial charge in [0.25, 0.3) is 0 Å². The van der Waals surface area contributed by atoms with E-state index in [2.05, 4.69) is 27.9 Å². The average Bonchev–Trinajstić information content (AvgIpc) is 2.93. The number of hydrogen-bond donors (Lipinski definition) is 1. The number of nitrogens with zero attached hydrogens (tertiary/aromatic N) is 2. The molecule has 1 unspecified atom stereocenters. The molecule has 0 bridgehead atoms. The maximum Gasteiger partial charge on any atom is 0.238 e. The van der Waals surface area contributed by atoms with Crippen LogP contribution in [0.15, 0.2) is 71.7 Å². The van der Waals surface area contributed by atoms with Crippen LogP contribution < -0.4 is 19.5 Å². The molecular formula is C28H28IN3O5S. The third kappa shape index (κ3) is 6.98. The standard InChI is InChI=1S/C28H28IN3O5S/c1-35-22-11-9-21(10-12-22)31-28-32(15-14-18-4-13-23(36-2)24(16-18)37-3)26(33)17-25(38-28)27(34)30-20-7-5-19(29)6-8-20/h4-13,16,25H,14-15,17H2,1-3H3,(H,30,34). The zero-order valence-corrected chi connectivity index (χ0v) is 24.2. The Balaban J connectivity index is 1.55. The van der Waals surface area contributed by atoms with Gasteiger partial charge in [-0.15, -0.1) is 0 Å². The summed E-state index contributed by atoms with van der Waals surface area (Å²) in [7, 11) is 4.78. The quantitative estimate of drug-likeness (QED) is 0.309. The van der Waals surface area contributed by atoms with Gasteiger partial charge in [-0.1, -0.05) is 17.8 Å². The van der Waals surface area contributed by atoms with Gasteiger partial charge < -0.3 is 19.5 Å². The fraction of sp³-hybridized carbons (Fsp3) is 0.250. The van der Waals surface area contributed by atoms with Gasteiger partial charge in [-0.3, -0.25) is 14.5 Å². The first-order valence-corrected chi connectivity index (χ1v) is 13.8. The molecule has 0 spiro atoms. The molecule has 3 aromatic rings. The lowest BCUT2D eigenvalue weighted by molar-refractivity contribution is -0.129. The highest BCUT2D eigenvalue weighted by atomic mass is 127. The molecule has 1 saturated heterocycles. The van der Waals surface area contributed by atoms with E-state index in [1.165, 1.54) is 11.8 Å². The molecule has 3 aromatic carbocycles. The lowest BCUT2D eigenvalue weighted by Crippen LogP contribution is -2.46. The molecule has 1 N–H and O–H groups in total. The number of benzene rings is 3. The van der Waals surface area contributed by atoms with Gasteiger partial charge in [0.05, 0.1) is 27.0 Å². The van der Waals surface area contributed by atoms with Gasteiger partial charge in [0.15, 0.2) is 16.7 Å². The maximum atomic E-state index is 13.3. The van der Waals surface area contributed by atoms with E-state index in [9.17, 15) is 9.59 Å². The topological polar surface area (TPSA) is 89.5 Å². The lowest BCUT2D eigenvalue weighted by Gasteiger charge is -2.32. The van der Waals surface area contributed by atoms with Crippen molar-refractivity contribution in [1.82, 2.24) is 4.90 Å². The molecule has 0 radical (unpaired) electrons. The van der Waals surface area contributed by atoms with Crippen LogP contribution >= 0.6 is 34.4 Å². The predicted molar refractivity (Wildman–Crippen MR) is 159 cm³/mol. The number of methoxy groups -OCH3 is 3. The minimum Gasteiger partial charge on any atom is -0.497 e. The lowest BCUT2D eigenvalue weighted by atomic mass is 10.1. The van der Waals surface area contributed by atoms with Crippen LogP contribution in [0.1, 0.15) is 12.0 Å². The van der Waals surface area contributed by atoms with Crippen molar-refractivity contribution in [1.29, 1.82) is 0 Å². The third-order valence-electron chi connectivity index (χ3n) is 5.91. The molecular weight excluding hydrogens is 617 g/mol. The zero-order valence-electron chi connectivity index (χ0n) is 21.3. The average molecular weight is 646 g/mol. The number of amidine groups is 1. The molecule has 38 heavy (non-hydrogen) atoms. The first-order valence-electron chi connectivity index (χ1n) is 11.9. The maximum absolute atomic E-state index is 13.3. The molecule has 8 nitrogen and oxygen atoms in total. The third-order valence-corrected chi connectivity index (χ3v) is 7.82. The van der Waals surface area contributed by atoms with Gasteiger partial charge in [-0.2, -0.15) is 0 Å². The first-order chi connectivity index (χ1) is 18.4. The molecule has 4 rings (SSSR count). The van der Waals surface area contributed by atoms with E-state index in [1.807, 2.05) is 66.7 Å². The largest absolute Gasteiger partial charge is 0.497 e. The highest BCUT2D eigenvalue weighted by molar-refractivity contribution is 14.1. The molecule has 1 fully saturated rings. The van der Waals surface area contributed by atoms with E-state index in [1.54, 1.807) is 26.2 Å². The van der Waals surface area contributed by atoms with Crippen molar-refractivity contribution in [2.75, 3.05) is 33.2 Å². The second kappa shape index (κ2) is 13.0. The van der Waals surface area contributed by atoms with E-state index in [4.69, 9.17) is 19.2 Å². The summed E-state index contributed by atoms with van der Waals surface area (Å²) in [5.74, 6) is 1.60. The van der Waals surface area contributed by atoms with E-state index in [-0.39, 0.29) is 18.2 Å². The van der Waals surface area contributed by atoms with E-state index < -0.39 is 5.25 Å². The smallest absolute Gasteiger partial charge is 0.238 e. The molecule has 1 heterocycles. The summed E-state index contributed by atoms with van der Waals surface area (Å²) < 4.78 is 17.1. The van der Waals surface area contributed by atoms with Gasteiger partial charge in [-0.05, 0) is 95.2 Å². The first kappa shape index (κ1) is 27.8. The van der Waals surface area contributed by atoms with Crippen molar-refractivity contribution in [2.45, 2.75) is 18.1 Å². The summed E-state index contributed by atoms with van der Waals surface area (Å²) in [6.45, 7) is 0.405. The number of amides is 2. The summed E-state index contributed by atoms with van der Waals surface area (Å²) >= 11 is 3.50. The molecule has 198 valence electrons. The van der Waals surface area contributed by atoms with E-state index >= 15 is 0 Å². The monoisotopic (exact) mass is 645 g/mol. The molecule has 1 atom stereocenters.